The van der Waals surface area contributed by atoms with Gasteiger partial charge in [-0.05, 0) is 17.5 Å². The van der Waals surface area contributed by atoms with E-state index in [1.54, 1.807) is 0 Å². The van der Waals surface area contributed by atoms with Gasteiger partial charge < -0.3 is 5.32 Å². The molecule has 1 aliphatic rings. The Morgan fingerprint density at radius 2 is 1.73 bits per heavy atom. The van der Waals surface area contributed by atoms with Crippen LogP contribution in [0.25, 0.3) is 6.08 Å². The fourth-order valence-electron chi connectivity index (χ4n) is 2.97. The monoisotopic (exact) mass is 292 g/mol. The van der Waals surface area contributed by atoms with Gasteiger partial charge >= 0.3 is 0 Å². The summed E-state index contributed by atoms with van der Waals surface area (Å²) in [5, 5.41) is 3.63. The molecule has 0 spiro atoms. The Morgan fingerprint density at radius 3 is 2.50 bits per heavy atom. The third kappa shape index (κ3) is 4.55. The summed E-state index contributed by atoms with van der Waals surface area (Å²) in [7, 11) is 0. The van der Waals surface area contributed by atoms with Crippen molar-refractivity contribution in [2.75, 3.05) is 19.6 Å². The van der Waals surface area contributed by atoms with Crippen LogP contribution in [-0.2, 0) is 6.54 Å². The van der Waals surface area contributed by atoms with Crippen LogP contribution >= 0.6 is 0 Å². The summed E-state index contributed by atoms with van der Waals surface area (Å²) in [5.74, 6) is 0. The van der Waals surface area contributed by atoms with Crippen molar-refractivity contribution in [2.45, 2.75) is 19.0 Å². The largest absolute Gasteiger partial charge is 0.311 e. The van der Waals surface area contributed by atoms with E-state index >= 15 is 0 Å². The van der Waals surface area contributed by atoms with E-state index in [0.717, 1.165) is 32.6 Å². The molecule has 1 fully saturated rings. The number of nitrogens with zero attached hydrogens (tertiary/aromatic N) is 1. The first-order valence-electron chi connectivity index (χ1n) is 8.11. The van der Waals surface area contributed by atoms with E-state index in [1.165, 1.54) is 11.1 Å². The molecule has 0 radical (unpaired) electrons. The Morgan fingerprint density at radius 1 is 1.00 bits per heavy atom. The molecular weight excluding hydrogens is 268 g/mol. The maximum Gasteiger partial charge on any atom is 0.0234 e. The van der Waals surface area contributed by atoms with E-state index < -0.39 is 0 Å². The lowest BCUT2D eigenvalue weighted by molar-refractivity contribution is 0.193. The van der Waals surface area contributed by atoms with E-state index in [2.05, 4.69) is 83.0 Å². The maximum atomic E-state index is 3.63. The van der Waals surface area contributed by atoms with Crippen molar-refractivity contribution in [3.05, 3.63) is 77.9 Å². The summed E-state index contributed by atoms with van der Waals surface area (Å²) in [6.45, 7) is 4.39. The van der Waals surface area contributed by atoms with Crippen LogP contribution in [0.3, 0.4) is 0 Å². The average molecular weight is 292 g/mol. The Kier molecular flexibility index (Phi) is 5.41. The summed E-state index contributed by atoms with van der Waals surface area (Å²) in [5.41, 5.74) is 2.68. The second kappa shape index (κ2) is 7.92. The lowest BCUT2D eigenvalue weighted by atomic mass is 10.1. The molecule has 1 heterocycles. The summed E-state index contributed by atoms with van der Waals surface area (Å²) < 4.78 is 0. The molecule has 3 rings (SSSR count). The number of piperazine rings is 1. The van der Waals surface area contributed by atoms with Gasteiger partial charge in [0.05, 0.1) is 0 Å². The lowest BCUT2D eigenvalue weighted by Gasteiger charge is -2.33. The molecule has 2 aromatic carbocycles. The van der Waals surface area contributed by atoms with E-state index in [4.69, 9.17) is 0 Å². The van der Waals surface area contributed by atoms with Crippen LogP contribution in [-0.4, -0.2) is 30.6 Å². The van der Waals surface area contributed by atoms with Crippen LogP contribution in [0.1, 0.15) is 17.5 Å². The van der Waals surface area contributed by atoms with Gasteiger partial charge in [-0.3, -0.25) is 4.90 Å². The molecule has 0 aromatic heterocycles. The summed E-state index contributed by atoms with van der Waals surface area (Å²) in [4.78, 5) is 2.55. The van der Waals surface area contributed by atoms with Gasteiger partial charge in [0.2, 0.25) is 0 Å². The van der Waals surface area contributed by atoms with Crippen LogP contribution in [0.15, 0.2) is 66.7 Å². The molecule has 2 aromatic rings. The third-order valence-corrected chi connectivity index (χ3v) is 4.12. The van der Waals surface area contributed by atoms with Crippen LogP contribution in [0, 0.1) is 0 Å². The predicted octanol–water partition coefficient (Wildman–Crippen LogP) is 3.56. The van der Waals surface area contributed by atoms with Crippen molar-refractivity contribution < 1.29 is 0 Å². The van der Waals surface area contributed by atoms with Gasteiger partial charge in [0.1, 0.15) is 0 Å². The second-order valence-corrected chi connectivity index (χ2v) is 5.92. The minimum atomic E-state index is 0.553. The number of hydrogen-bond acceptors (Lipinski definition) is 2. The normalized spacial score (nSPS) is 19.5. The summed E-state index contributed by atoms with van der Waals surface area (Å²) >= 11 is 0. The molecule has 0 aliphatic carbocycles. The zero-order valence-corrected chi connectivity index (χ0v) is 13.0. The lowest BCUT2D eigenvalue weighted by Crippen LogP contribution is -2.49. The molecule has 1 atom stereocenters. The van der Waals surface area contributed by atoms with Gasteiger partial charge in [0.15, 0.2) is 0 Å². The van der Waals surface area contributed by atoms with Gasteiger partial charge in [0.25, 0.3) is 0 Å². The van der Waals surface area contributed by atoms with Crippen molar-refractivity contribution in [1.29, 1.82) is 0 Å². The second-order valence-electron chi connectivity index (χ2n) is 5.92. The van der Waals surface area contributed by atoms with Crippen LogP contribution < -0.4 is 5.32 Å². The van der Waals surface area contributed by atoms with E-state index in [-0.39, 0.29) is 0 Å². The van der Waals surface area contributed by atoms with Crippen LogP contribution in [0.5, 0.6) is 0 Å². The van der Waals surface area contributed by atoms with Gasteiger partial charge in [0, 0.05) is 32.2 Å². The van der Waals surface area contributed by atoms with E-state index in [1.807, 2.05) is 0 Å². The first-order valence-corrected chi connectivity index (χ1v) is 8.11. The molecule has 1 aliphatic heterocycles. The van der Waals surface area contributed by atoms with Crippen LogP contribution in [0.2, 0.25) is 0 Å². The van der Waals surface area contributed by atoms with Gasteiger partial charge in [-0.2, -0.15) is 0 Å². The highest BCUT2D eigenvalue weighted by Gasteiger charge is 2.17. The highest BCUT2D eigenvalue weighted by molar-refractivity contribution is 5.48. The average Bonchev–Trinajstić information content (AvgIpc) is 2.57. The molecule has 2 nitrogen and oxygen atoms in total. The SMILES string of the molecule is C(=Cc1ccccc1)C[C@@H]1CN(Cc2ccccc2)CCN1. The Labute approximate surface area is 133 Å². The number of rotatable bonds is 5. The molecule has 1 saturated heterocycles. The minimum Gasteiger partial charge on any atom is -0.311 e. The topological polar surface area (TPSA) is 15.3 Å². The number of hydrogen-bond donors (Lipinski definition) is 1. The predicted molar refractivity (Wildman–Crippen MR) is 93.6 cm³/mol. The maximum absolute atomic E-state index is 3.63. The molecule has 114 valence electrons. The smallest absolute Gasteiger partial charge is 0.0234 e. The fraction of sp³-hybridized carbons (Fsp3) is 0.300. The van der Waals surface area contributed by atoms with Crippen LogP contribution in [0.4, 0.5) is 0 Å². The molecule has 2 heteroatoms. The van der Waals surface area contributed by atoms with Gasteiger partial charge in [-0.25, -0.2) is 0 Å². The highest BCUT2D eigenvalue weighted by atomic mass is 15.2. The standard InChI is InChI=1S/C20H24N2/c1-3-8-18(9-4-1)12-7-13-20-17-22(15-14-21-20)16-19-10-5-2-6-11-19/h1-12,20-21H,13-17H2/t20-/m1/s1. The molecule has 0 saturated carbocycles. The zero-order chi connectivity index (χ0) is 15.0. The minimum absolute atomic E-state index is 0.553. The van der Waals surface area contributed by atoms with Gasteiger partial charge in [-0.15, -0.1) is 0 Å². The Hall–Kier alpha value is -1.90. The third-order valence-electron chi connectivity index (χ3n) is 4.12. The van der Waals surface area contributed by atoms with Crippen molar-refractivity contribution >= 4 is 6.08 Å². The number of benzene rings is 2. The molecule has 0 amide bonds. The van der Waals surface area contributed by atoms with Crippen molar-refractivity contribution in [2.24, 2.45) is 0 Å². The molecule has 0 bridgehead atoms. The molecular formula is C20H24N2. The summed E-state index contributed by atoms with van der Waals surface area (Å²) in [6, 6.07) is 21.8. The summed E-state index contributed by atoms with van der Waals surface area (Å²) in [6.07, 6.45) is 5.59. The Bertz CT molecular complexity index is 577. The first kappa shape index (κ1) is 15.0. The molecule has 22 heavy (non-hydrogen) atoms. The molecule has 1 N–H and O–H groups in total. The Balaban J connectivity index is 1.49. The number of nitrogens with one attached hydrogen (secondary N) is 1. The van der Waals surface area contributed by atoms with E-state index in [0.29, 0.717) is 6.04 Å². The first-order chi connectivity index (χ1) is 10.9. The highest BCUT2D eigenvalue weighted by Crippen LogP contribution is 2.10. The quantitative estimate of drug-likeness (QED) is 0.906. The van der Waals surface area contributed by atoms with Crippen molar-refractivity contribution in [3.8, 4) is 0 Å². The zero-order valence-electron chi connectivity index (χ0n) is 13.0. The van der Waals surface area contributed by atoms with Gasteiger partial charge in [-0.1, -0.05) is 72.8 Å². The molecule has 0 unspecified atom stereocenters. The van der Waals surface area contributed by atoms with Crippen molar-refractivity contribution in [3.63, 3.8) is 0 Å². The fourth-order valence-corrected chi connectivity index (χ4v) is 2.97. The van der Waals surface area contributed by atoms with Crippen molar-refractivity contribution in [1.82, 2.24) is 10.2 Å². The van der Waals surface area contributed by atoms with E-state index in [9.17, 15) is 0 Å².